The van der Waals surface area contributed by atoms with Crippen LogP contribution in [-0.4, -0.2) is 11.7 Å². The lowest BCUT2D eigenvalue weighted by atomic mass is 10.0. The summed E-state index contributed by atoms with van der Waals surface area (Å²) in [6.45, 7) is 0. The maximum atomic E-state index is 13.2. The smallest absolute Gasteiger partial charge is 0.232 e. The van der Waals surface area contributed by atoms with E-state index in [2.05, 4.69) is 21.2 Å². The van der Waals surface area contributed by atoms with Crippen LogP contribution in [0, 0.1) is 5.82 Å². The molecule has 3 rings (SSSR count). The van der Waals surface area contributed by atoms with Crippen molar-refractivity contribution in [2.45, 2.75) is 10.8 Å². The van der Waals surface area contributed by atoms with Crippen LogP contribution in [-0.2, 0) is 4.79 Å². The Morgan fingerprint density at radius 1 is 1.30 bits per heavy atom. The number of benzene rings is 2. The lowest BCUT2D eigenvalue weighted by Gasteiger charge is -2.12. The average molecular weight is 352 g/mol. The van der Waals surface area contributed by atoms with Gasteiger partial charge in [0, 0.05) is 15.1 Å². The van der Waals surface area contributed by atoms with Gasteiger partial charge in [0.1, 0.15) is 5.82 Å². The number of hydrogen-bond acceptors (Lipinski definition) is 2. The van der Waals surface area contributed by atoms with Gasteiger partial charge < -0.3 is 5.32 Å². The van der Waals surface area contributed by atoms with Crippen molar-refractivity contribution in [3.8, 4) is 0 Å². The standard InChI is InChI=1S/C15H11BrFNOS/c16-12-6-5-9(17)7-13(12)18-15(19)11-8-20-14-4-2-1-3-10(11)14/h1-7,11H,8H2,(H,18,19). The van der Waals surface area contributed by atoms with Gasteiger partial charge in [-0.2, -0.15) is 0 Å². The summed E-state index contributed by atoms with van der Waals surface area (Å²) in [5.41, 5.74) is 1.51. The number of thioether (sulfide) groups is 1. The minimum atomic E-state index is -0.371. The molecule has 2 aromatic rings. The second-order valence-corrected chi connectivity index (χ2v) is 6.43. The van der Waals surface area contributed by atoms with E-state index in [0.717, 1.165) is 16.2 Å². The Morgan fingerprint density at radius 3 is 2.95 bits per heavy atom. The molecule has 1 aliphatic heterocycles. The van der Waals surface area contributed by atoms with E-state index in [-0.39, 0.29) is 17.6 Å². The molecule has 0 spiro atoms. The maximum absolute atomic E-state index is 13.2. The molecule has 20 heavy (non-hydrogen) atoms. The normalized spacial score (nSPS) is 16.8. The SMILES string of the molecule is O=C(Nc1cc(F)ccc1Br)C1CSc2ccccc21. The molecule has 0 saturated carbocycles. The van der Waals surface area contributed by atoms with Crippen LogP contribution in [0.25, 0.3) is 0 Å². The second-order valence-electron chi connectivity index (χ2n) is 4.51. The van der Waals surface area contributed by atoms with E-state index < -0.39 is 0 Å². The molecule has 1 heterocycles. The fraction of sp³-hybridized carbons (Fsp3) is 0.133. The average Bonchev–Trinajstić information content (AvgIpc) is 2.87. The van der Waals surface area contributed by atoms with Crippen molar-refractivity contribution in [2.75, 3.05) is 11.1 Å². The third kappa shape index (κ3) is 2.60. The van der Waals surface area contributed by atoms with Crippen LogP contribution in [0.3, 0.4) is 0 Å². The van der Waals surface area contributed by atoms with Crippen LogP contribution in [0.1, 0.15) is 11.5 Å². The third-order valence-corrected chi connectivity index (χ3v) is 5.08. The first-order chi connectivity index (χ1) is 9.65. The Kier molecular flexibility index (Phi) is 3.81. The van der Waals surface area contributed by atoms with Crippen molar-refractivity contribution < 1.29 is 9.18 Å². The number of hydrogen-bond donors (Lipinski definition) is 1. The number of carbonyl (C=O) groups is 1. The number of fused-ring (bicyclic) bond motifs is 1. The fourth-order valence-electron chi connectivity index (χ4n) is 2.19. The zero-order chi connectivity index (χ0) is 14.1. The number of nitrogens with one attached hydrogen (secondary N) is 1. The molecule has 0 radical (unpaired) electrons. The van der Waals surface area contributed by atoms with Crippen molar-refractivity contribution in [1.82, 2.24) is 0 Å². The topological polar surface area (TPSA) is 29.1 Å². The predicted molar refractivity (Wildman–Crippen MR) is 82.6 cm³/mol. The van der Waals surface area contributed by atoms with E-state index in [1.807, 2.05) is 24.3 Å². The Balaban J connectivity index is 1.83. The Morgan fingerprint density at radius 2 is 2.10 bits per heavy atom. The van der Waals surface area contributed by atoms with Crippen molar-refractivity contribution >= 4 is 39.3 Å². The van der Waals surface area contributed by atoms with E-state index in [0.29, 0.717) is 10.2 Å². The summed E-state index contributed by atoms with van der Waals surface area (Å²) in [6, 6.07) is 12.1. The summed E-state index contributed by atoms with van der Waals surface area (Å²) < 4.78 is 13.9. The highest BCUT2D eigenvalue weighted by Gasteiger charge is 2.29. The van der Waals surface area contributed by atoms with Gasteiger partial charge in [-0.05, 0) is 45.8 Å². The highest BCUT2D eigenvalue weighted by Crippen LogP contribution is 2.40. The zero-order valence-electron chi connectivity index (χ0n) is 10.4. The first kappa shape index (κ1) is 13.6. The van der Waals surface area contributed by atoms with Crippen molar-refractivity contribution in [3.63, 3.8) is 0 Å². The number of carbonyl (C=O) groups excluding carboxylic acids is 1. The molecule has 0 saturated heterocycles. The zero-order valence-corrected chi connectivity index (χ0v) is 12.8. The monoisotopic (exact) mass is 351 g/mol. The summed E-state index contributed by atoms with van der Waals surface area (Å²) in [5.74, 6) is 0.0581. The van der Waals surface area contributed by atoms with Crippen molar-refractivity contribution in [2.24, 2.45) is 0 Å². The Hall–Kier alpha value is -1.33. The molecule has 1 amide bonds. The molecule has 0 fully saturated rings. The van der Waals surface area contributed by atoms with Crippen LogP contribution >= 0.6 is 27.7 Å². The molecular weight excluding hydrogens is 341 g/mol. The van der Waals surface area contributed by atoms with Crippen LogP contribution in [0.5, 0.6) is 0 Å². The van der Waals surface area contributed by atoms with E-state index >= 15 is 0 Å². The van der Waals surface area contributed by atoms with E-state index in [9.17, 15) is 9.18 Å². The van der Waals surface area contributed by atoms with Crippen molar-refractivity contribution in [1.29, 1.82) is 0 Å². The highest BCUT2D eigenvalue weighted by molar-refractivity contribution is 9.10. The summed E-state index contributed by atoms with van der Waals surface area (Å²) in [7, 11) is 0. The van der Waals surface area contributed by atoms with Crippen LogP contribution < -0.4 is 5.32 Å². The minimum absolute atomic E-state index is 0.103. The van der Waals surface area contributed by atoms with Gasteiger partial charge in [0.05, 0.1) is 11.6 Å². The summed E-state index contributed by atoms with van der Waals surface area (Å²) in [5, 5.41) is 2.79. The number of amides is 1. The molecule has 102 valence electrons. The van der Waals surface area contributed by atoms with Gasteiger partial charge in [-0.25, -0.2) is 4.39 Å². The van der Waals surface area contributed by atoms with Crippen LogP contribution in [0.15, 0.2) is 51.8 Å². The molecule has 0 aromatic heterocycles. The van der Waals surface area contributed by atoms with Gasteiger partial charge in [0.25, 0.3) is 0 Å². The molecule has 1 aliphatic rings. The summed E-state index contributed by atoms with van der Waals surface area (Å²) in [4.78, 5) is 13.5. The van der Waals surface area contributed by atoms with Gasteiger partial charge in [0.2, 0.25) is 5.91 Å². The van der Waals surface area contributed by atoms with Crippen molar-refractivity contribution in [3.05, 3.63) is 58.3 Å². The largest absolute Gasteiger partial charge is 0.324 e. The number of anilines is 1. The molecule has 5 heteroatoms. The molecule has 2 aromatic carbocycles. The molecule has 1 N–H and O–H groups in total. The van der Waals surface area contributed by atoms with E-state index in [1.54, 1.807) is 17.8 Å². The first-order valence-electron chi connectivity index (χ1n) is 6.13. The van der Waals surface area contributed by atoms with Gasteiger partial charge in [-0.15, -0.1) is 11.8 Å². The molecule has 0 bridgehead atoms. The van der Waals surface area contributed by atoms with Gasteiger partial charge in [0.15, 0.2) is 0 Å². The number of halogens is 2. The quantitative estimate of drug-likeness (QED) is 0.867. The van der Waals surface area contributed by atoms with E-state index in [1.165, 1.54) is 12.1 Å². The Labute approximate surface area is 128 Å². The van der Waals surface area contributed by atoms with Crippen LogP contribution in [0.4, 0.5) is 10.1 Å². The van der Waals surface area contributed by atoms with Gasteiger partial charge in [-0.3, -0.25) is 4.79 Å². The highest BCUT2D eigenvalue weighted by atomic mass is 79.9. The predicted octanol–water partition coefficient (Wildman–Crippen LogP) is 4.42. The van der Waals surface area contributed by atoms with E-state index in [4.69, 9.17) is 0 Å². The maximum Gasteiger partial charge on any atom is 0.232 e. The molecule has 1 unspecified atom stereocenters. The molecular formula is C15H11BrFNOS. The molecule has 0 aliphatic carbocycles. The summed E-state index contributed by atoms with van der Waals surface area (Å²) >= 11 is 4.99. The lowest BCUT2D eigenvalue weighted by Crippen LogP contribution is -2.21. The van der Waals surface area contributed by atoms with Crippen LogP contribution in [0.2, 0.25) is 0 Å². The molecule has 2 nitrogen and oxygen atoms in total. The Bertz CT molecular complexity index is 677. The fourth-order valence-corrected chi connectivity index (χ4v) is 3.77. The number of rotatable bonds is 2. The van der Waals surface area contributed by atoms with Gasteiger partial charge in [-0.1, -0.05) is 18.2 Å². The second kappa shape index (κ2) is 5.58. The first-order valence-corrected chi connectivity index (χ1v) is 7.90. The lowest BCUT2D eigenvalue weighted by molar-refractivity contribution is -0.117. The third-order valence-electron chi connectivity index (χ3n) is 3.20. The van der Waals surface area contributed by atoms with Gasteiger partial charge >= 0.3 is 0 Å². The summed E-state index contributed by atoms with van der Waals surface area (Å²) in [6.07, 6.45) is 0. The molecule has 1 atom stereocenters. The minimum Gasteiger partial charge on any atom is -0.324 e.